The lowest BCUT2D eigenvalue weighted by Crippen LogP contribution is -2.37. The van der Waals surface area contributed by atoms with E-state index in [1.165, 1.54) is 25.7 Å². The van der Waals surface area contributed by atoms with E-state index in [-0.39, 0.29) is 12.4 Å². The van der Waals surface area contributed by atoms with E-state index in [1.54, 1.807) is 6.08 Å². The number of rotatable bonds is 9. The molecule has 0 saturated heterocycles. The number of hydrogen-bond acceptors (Lipinski definition) is 5. The lowest BCUT2D eigenvalue weighted by Gasteiger charge is -2.25. The summed E-state index contributed by atoms with van der Waals surface area (Å²) in [5.41, 5.74) is 0.306. The zero-order chi connectivity index (χ0) is 15.0. The quantitative estimate of drug-likeness (QED) is 0.330. The number of unbranched alkanes of at least 4 members (excludes halogenated alkanes) is 5. The normalized spacial score (nSPS) is 23.1. The fraction of sp³-hybridized carbons (Fsp3) is 0.733. The van der Waals surface area contributed by atoms with E-state index >= 15 is 0 Å². The van der Waals surface area contributed by atoms with Gasteiger partial charge < -0.3 is 25.7 Å². The van der Waals surface area contributed by atoms with Crippen molar-refractivity contribution in [2.24, 2.45) is 0 Å². The zero-order valence-corrected chi connectivity index (χ0v) is 12.2. The largest absolute Gasteiger partial charge is 0.507 e. The van der Waals surface area contributed by atoms with Crippen molar-refractivity contribution in [3.05, 3.63) is 23.2 Å². The highest BCUT2D eigenvalue weighted by atomic mass is 16.3. The first kappa shape index (κ1) is 17.0. The molecule has 116 valence electrons. The van der Waals surface area contributed by atoms with E-state index < -0.39 is 17.9 Å². The maximum Gasteiger partial charge on any atom is 0.165 e. The first-order valence-corrected chi connectivity index (χ1v) is 7.46. The van der Waals surface area contributed by atoms with Gasteiger partial charge in [0.05, 0.1) is 12.6 Å². The first-order chi connectivity index (χ1) is 9.61. The van der Waals surface area contributed by atoms with Gasteiger partial charge in [0.25, 0.3) is 0 Å². The van der Waals surface area contributed by atoms with Gasteiger partial charge in [0, 0.05) is 0 Å². The molecule has 0 fully saturated rings. The summed E-state index contributed by atoms with van der Waals surface area (Å²) in [6, 6.07) is -0.531. The van der Waals surface area contributed by atoms with Crippen molar-refractivity contribution in [2.45, 2.75) is 57.6 Å². The second-order valence-electron chi connectivity index (χ2n) is 5.27. The van der Waals surface area contributed by atoms with Crippen LogP contribution in [0.15, 0.2) is 23.2 Å². The molecular formula is C15H27NO4. The second-order valence-corrected chi connectivity index (χ2v) is 5.27. The van der Waals surface area contributed by atoms with Crippen molar-refractivity contribution in [1.82, 2.24) is 5.32 Å². The molecule has 20 heavy (non-hydrogen) atoms. The molecule has 0 aromatic rings. The van der Waals surface area contributed by atoms with Gasteiger partial charge in [0.15, 0.2) is 11.5 Å². The Hall–Kier alpha value is -1.04. The van der Waals surface area contributed by atoms with Crippen molar-refractivity contribution in [3.63, 3.8) is 0 Å². The summed E-state index contributed by atoms with van der Waals surface area (Å²) < 4.78 is 0. The lowest BCUT2D eigenvalue weighted by atomic mass is 9.97. The van der Waals surface area contributed by atoms with Crippen LogP contribution >= 0.6 is 0 Å². The number of nitrogens with one attached hydrogen (secondary N) is 1. The third-order valence-electron chi connectivity index (χ3n) is 3.63. The molecule has 5 N–H and O–H groups in total. The minimum Gasteiger partial charge on any atom is -0.507 e. The number of aliphatic hydroxyl groups is 4. The van der Waals surface area contributed by atoms with Crippen LogP contribution in [0.3, 0.4) is 0 Å². The molecule has 5 nitrogen and oxygen atoms in total. The van der Waals surface area contributed by atoms with Crippen molar-refractivity contribution < 1.29 is 20.4 Å². The summed E-state index contributed by atoms with van der Waals surface area (Å²) in [6.45, 7) is 2.57. The zero-order valence-electron chi connectivity index (χ0n) is 12.2. The van der Waals surface area contributed by atoms with E-state index in [0.29, 0.717) is 5.57 Å². The smallest absolute Gasteiger partial charge is 0.165 e. The van der Waals surface area contributed by atoms with Gasteiger partial charge in [-0.25, -0.2) is 0 Å². The summed E-state index contributed by atoms with van der Waals surface area (Å²) >= 11 is 0. The average Bonchev–Trinajstić information content (AvgIpc) is 2.46. The van der Waals surface area contributed by atoms with Crippen LogP contribution in [-0.4, -0.2) is 45.7 Å². The van der Waals surface area contributed by atoms with E-state index in [4.69, 9.17) is 5.11 Å². The van der Waals surface area contributed by atoms with E-state index in [0.717, 1.165) is 19.4 Å². The highest BCUT2D eigenvalue weighted by molar-refractivity contribution is 5.33. The van der Waals surface area contributed by atoms with Crippen LogP contribution in [0.25, 0.3) is 0 Å². The Morgan fingerprint density at radius 1 is 1.05 bits per heavy atom. The van der Waals surface area contributed by atoms with Gasteiger partial charge in [-0.05, 0) is 18.5 Å². The van der Waals surface area contributed by atoms with Crippen LogP contribution in [0, 0.1) is 0 Å². The van der Waals surface area contributed by atoms with Crippen molar-refractivity contribution in [3.8, 4) is 0 Å². The topological polar surface area (TPSA) is 93.0 Å². The Morgan fingerprint density at radius 2 is 1.70 bits per heavy atom. The molecule has 0 saturated carbocycles. The molecule has 1 aliphatic carbocycles. The summed E-state index contributed by atoms with van der Waals surface area (Å²) in [4.78, 5) is 0. The summed E-state index contributed by atoms with van der Waals surface area (Å²) in [5.74, 6) is -0.738. The Labute approximate surface area is 120 Å². The van der Waals surface area contributed by atoms with Gasteiger partial charge in [-0.15, -0.1) is 0 Å². The molecule has 0 radical (unpaired) electrons. The van der Waals surface area contributed by atoms with Gasteiger partial charge in [-0.3, -0.25) is 0 Å². The van der Waals surface area contributed by atoms with E-state index in [9.17, 15) is 15.3 Å². The molecule has 0 spiro atoms. The standard InChI is InChI=1S/C15H27NO4/c1-2-3-4-5-6-7-8-16-12-9-11(10-17)13(18)15(20)14(12)19/h9,12-13,16-20H,2-8,10H2,1H3/t12-,13+/m1/s1. The molecule has 1 rings (SSSR count). The van der Waals surface area contributed by atoms with Crippen LogP contribution in [0.4, 0.5) is 0 Å². The molecule has 0 amide bonds. The molecule has 2 atom stereocenters. The van der Waals surface area contributed by atoms with E-state index in [2.05, 4.69) is 12.2 Å². The molecular weight excluding hydrogens is 258 g/mol. The van der Waals surface area contributed by atoms with Gasteiger partial charge in [0.1, 0.15) is 6.10 Å². The fourth-order valence-corrected chi connectivity index (χ4v) is 2.32. The molecule has 5 heteroatoms. The molecule has 0 aromatic carbocycles. The monoisotopic (exact) mass is 285 g/mol. The maximum atomic E-state index is 9.77. The predicted octanol–water partition coefficient (Wildman–Crippen LogP) is 1.93. The molecule has 1 aliphatic rings. The molecule has 0 unspecified atom stereocenters. The maximum absolute atomic E-state index is 9.77. The summed E-state index contributed by atoms with van der Waals surface area (Å²) in [7, 11) is 0. The van der Waals surface area contributed by atoms with Gasteiger partial charge >= 0.3 is 0 Å². The SMILES string of the molecule is CCCCCCCCN[C@@H]1C=C(CO)[C@H](O)C(O)=C1O. The third-order valence-corrected chi connectivity index (χ3v) is 3.63. The van der Waals surface area contributed by atoms with Crippen LogP contribution in [0.5, 0.6) is 0 Å². The Morgan fingerprint density at radius 3 is 2.35 bits per heavy atom. The molecule has 0 bridgehead atoms. The van der Waals surface area contributed by atoms with Crippen LogP contribution < -0.4 is 5.32 Å². The summed E-state index contributed by atoms with van der Waals surface area (Å²) in [5, 5.41) is 41.2. The molecule has 0 heterocycles. The second kappa shape index (κ2) is 9.00. The minimum absolute atomic E-state index is 0.263. The fourth-order valence-electron chi connectivity index (χ4n) is 2.32. The van der Waals surface area contributed by atoms with Crippen LogP contribution in [0.1, 0.15) is 45.4 Å². The number of hydrogen-bond donors (Lipinski definition) is 5. The van der Waals surface area contributed by atoms with Crippen molar-refractivity contribution >= 4 is 0 Å². The Balaban J connectivity index is 2.33. The lowest BCUT2D eigenvalue weighted by molar-refractivity contribution is 0.141. The van der Waals surface area contributed by atoms with Crippen molar-refractivity contribution in [1.29, 1.82) is 0 Å². The van der Waals surface area contributed by atoms with Crippen LogP contribution in [-0.2, 0) is 0 Å². The average molecular weight is 285 g/mol. The van der Waals surface area contributed by atoms with Crippen LogP contribution in [0.2, 0.25) is 0 Å². The Bertz CT molecular complexity index is 352. The Kier molecular flexibility index (Phi) is 7.65. The minimum atomic E-state index is -1.30. The van der Waals surface area contributed by atoms with Crippen molar-refractivity contribution in [2.75, 3.05) is 13.2 Å². The molecule has 0 aliphatic heterocycles. The summed E-state index contributed by atoms with van der Waals surface area (Å²) in [6.07, 6.45) is 7.37. The van der Waals surface area contributed by atoms with Gasteiger partial charge in [0.2, 0.25) is 0 Å². The first-order valence-electron chi connectivity index (χ1n) is 7.46. The van der Waals surface area contributed by atoms with E-state index in [1.807, 2.05) is 0 Å². The molecule has 0 aromatic heterocycles. The predicted molar refractivity (Wildman–Crippen MR) is 78.6 cm³/mol. The third kappa shape index (κ3) is 4.81. The van der Waals surface area contributed by atoms with Gasteiger partial charge in [-0.1, -0.05) is 45.1 Å². The van der Waals surface area contributed by atoms with Gasteiger partial charge in [-0.2, -0.15) is 0 Å². The number of aliphatic hydroxyl groups excluding tert-OH is 4. The highest BCUT2D eigenvalue weighted by Gasteiger charge is 2.28. The highest BCUT2D eigenvalue weighted by Crippen LogP contribution is 2.22.